The Morgan fingerprint density at radius 3 is 2.48 bits per heavy atom. The molecule has 4 heteroatoms. The number of aryl methyl sites for hydroxylation is 1. The van der Waals surface area contributed by atoms with Gasteiger partial charge >= 0.3 is 0 Å². The number of hydrogen-bond donors (Lipinski definition) is 1. The second kappa shape index (κ2) is 7.97. The van der Waals surface area contributed by atoms with Crippen LogP contribution in [0.15, 0.2) is 54.6 Å². The average molecular weight is 336 g/mol. The van der Waals surface area contributed by atoms with Crippen LogP contribution in [-0.4, -0.2) is 29.8 Å². The van der Waals surface area contributed by atoms with Gasteiger partial charge in [-0.15, -0.1) is 0 Å². The number of nitrogens with one attached hydrogen (secondary N) is 1. The van der Waals surface area contributed by atoms with Crippen molar-refractivity contribution in [2.24, 2.45) is 5.92 Å². The van der Waals surface area contributed by atoms with Crippen molar-refractivity contribution in [3.8, 4) is 0 Å². The first kappa shape index (κ1) is 17.2. The topological polar surface area (TPSA) is 49.4 Å². The van der Waals surface area contributed by atoms with Gasteiger partial charge in [-0.1, -0.05) is 37.3 Å². The van der Waals surface area contributed by atoms with Gasteiger partial charge in [-0.05, 0) is 49.1 Å². The number of piperidine rings is 1. The van der Waals surface area contributed by atoms with E-state index in [4.69, 9.17) is 0 Å². The number of benzene rings is 2. The minimum absolute atomic E-state index is 0.00923. The van der Waals surface area contributed by atoms with Crippen LogP contribution in [0.1, 0.15) is 35.7 Å². The van der Waals surface area contributed by atoms with E-state index in [9.17, 15) is 9.59 Å². The SMILES string of the molecule is CCc1ccc(C(=O)N2CCCC(C(=O)Nc3ccccc3)C2)cc1. The molecule has 0 radical (unpaired) electrons. The van der Waals surface area contributed by atoms with Crippen molar-refractivity contribution in [1.29, 1.82) is 0 Å². The molecule has 1 fully saturated rings. The lowest BCUT2D eigenvalue weighted by molar-refractivity contribution is -0.121. The van der Waals surface area contributed by atoms with Gasteiger partial charge in [0.25, 0.3) is 5.91 Å². The lowest BCUT2D eigenvalue weighted by Crippen LogP contribution is -2.43. The predicted octanol–water partition coefficient (Wildman–Crippen LogP) is 3.74. The summed E-state index contributed by atoms with van der Waals surface area (Å²) < 4.78 is 0. The molecule has 2 aromatic rings. The third-order valence-electron chi connectivity index (χ3n) is 4.73. The molecule has 1 atom stereocenters. The normalized spacial score (nSPS) is 17.2. The van der Waals surface area contributed by atoms with E-state index in [0.717, 1.165) is 24.9 Å². The number of para-hydroxylation sites is 1. The Hall–Kier alpha value is -2.62. The summed E-state index contributed by atoms with van der Waals surface area (Å²) in [6.07, 6.45) is 2.63. The number of rotatable bonds is 4. The first-order chi connectivity index (χ1) is 12.2. The standard InChI is InChI=1S/C21H24N2O2/c1-2-16-10-12-17(13-11-16)21(25)23-14-6-7-18(15-23)20(24)22-19-8-4-3-5-9-19/h3-5,8-13,18H,2,6-7,14-15H2,1H3,(H,22,24). The molecule has 1 aliphatic heterocycles. The Balaban J connectivity index is 1.63. The first-order valence-corrected chi connectivity index (χ1v) is 8.91. The Kier molecular flexibility index (Phi) is 5.49. The molecule has 0 aromatic heterocycles. The molecule has 1 saturated heterocycles. The number of nitrogens with zero attached hydrogens (tertiary/aromatic N) is 1. The molecule has 0 bridgehead atoms. The highest BCUT2D eigenvalue weighted by Crippen LogP contribution is 2.21. The fourth-order valence-electron chi connectivity index (χ4n) is 3.21. The van der Waals surface area contributed by atoms with Crippen LogP contribution in [0, 0.1) is 5.92 Å². The lowest BCUT2D eigenvalue weighted by atomic mass is 9.96. The van der Waals surface area contributed by atoms with E-state index >= 15 is 0 Å². The maximum Gasteiger partial charge on any atom is 0.253 e. The van der Waals surface area contributed by atoms with Crippen LogP contribution in [0.2, 0.25) is 0 Å². The number of carbonyl (C=O) groups excluding carboxylic acids is 2. The fraction of sp³-hybridized carbons (Fsp3) is 0.333. The van der Waals surface area contributed by atoms with Crippen molar-refractivity contribution in [3.63, 3.8) is 0 Å². The van der Waals surface area contributed by atoms with Crippen LogP contribution in [0.4, 0.5) is 5.69 Å². The van der Waals surface area contributed by atoms with E-state index in [1.165, 1.54) is 5.56 Å². The van der Waals surface area contributed by atoms with Gasteiger partial charge in [0.2, 0.25) is 5.91 Å². The fourth-order valence-corrected chi connectivity index (χ4v) is 3.21. The van der Waals surface area contributed by atoms with Gasteiger partial charge in [0.1, 0.15) is 0 Å². The number of carbonyl (C=O) groups is 2. The molecule has 2 amide bonds. The quantitative estimate of drug-likeness (QED) is 0.924. The maximum atomic E-state index is 12.7. The second-order valence-corrected chi connectivity index (χ2v) is 6.50. The summed E-state index contributed by atoms with van der Waals surface area (Å²) in [7, 11) is 0. The molecule has 1 heterocycles. The van der Waals surface area contributed by atoms with E-state index in [1.54, 1.807) is 4.90 Å². The van der Waals surface area contributed by atoms with E-state index in [0.29, 0.717) is 18.7 Å². The minimum atomic E-state index is -0.159. The molecule has 0 saturated carbocycles. The monoisotopic (exact) mass is 336 g/mol. The molecule has 1 N–H and O–H groups in total. The molecule has 2 aromatic carbocycles. The summed E-state index contributed by atoms with van der Waals surface area (Å²) in [4.78, 5) is 27.0. The highest BCUT2D eigenvalue weighted by molar-refractivity contribution is 5.96. The molecule has 4 nitrogen and oxygen atoms in total. The Morgan fingerprint density at radius 1 is 1.08 bits per heavy atom. The zero-order valence-corrected chi connectivity index (χ0v) is 14.6. The third kappa shape index (κ3) is 4.27. The van der Waals surface area contributed by atoms with Crippen molar-refractivity contribution in [2.45, 2.75) is 26.2 Å². The van der Waals surface area contributed by atoms with Gasteiger partial charge in [0, 0.05) is 24.3 Å². The highest BCUT2D eigenvalue weighted by atomic mass is 16.2. The lowest BCUT2D eigenvalue weighted by Gasteiger charge is -2.32. The Morgan fingerprint density at radius 2 is 1.80 bits per heavy atom. The zero-order valence-electron chi connectivity index (χ0n) is 14.6. The van der Waals surface area contributed by atoms with Gasteiger partial charge < -0.3 is 10.2 Å². The summed E-state index contributed by atoms with van der Waals surface area (Å²) in [6, 6.07) is 17.2. The molecule has 3 rings (SSSR count). The Labute approximate surface area is 148 Å². The van der Waals surface area contributed by atoms with E-state index < -0.39 is 0 Å². The molecule has 0 spiro atoms. The summed E-state index contributed by atoms with van der Waals surface area (Å²) in [6.45, 7) is 3.29. The zero-order chi connectivity index (χ0) is 17.6. The summed E-state index contributed by atoms with van der Waals surface area (Å²) in [5, 5.41) is 2.95. The van der Waals surface area contributed by atoms with Gasteiger partial charge in [-0.2, -0.15) is 0 Å². The van der Waals surface area contributed by atoms with Crippen molar-refractivity contribution in [1.82, 2.24) is 4.90 Å². The molecule has 130 valence electrons. The van der Waals surface area contributed by atoms with Gasteiger partial charge in [-0.3, -0.25) is 9.59 Å². The molecular weight excluding hydrogens is 312 g/mol. The van der Waals surface area contributed by atoms with E-state index in [1.807, 2.05) is 54.6 Å². The number of anilines is 1. The van der Waals surface area contributed by atoms with Crippen LogP contribution in [0.5, 0.6) is 0 Å². The van der Waals surface area contributed by atoms with Crippen LogP contribution >= 0.6 is 0 Å². The third-order valence-corrected chi connectivity index (χ3v) is 4.73. The van der Waals surface area contributed by atoms with E-state index in [-0.39, 0.29) is 17.7 Å². The molecule has 0 aliphatic carbocycles. The largest absolute Gasteiger partial charge is 0.338 e. The molecule has 25 heavy (non-hydrogen) atoms. The summed E-state index contributed by atoms with van der Waals surface area (Å²) in [5.74, 6) is -0.155. The maximum absolute atomic E-state index is 12.7. The summed E-state index contributed by atoms with van der Waals surface area (Å²) in [5.41, 5.74) is 2.71. The number of amides is 2. The average Bonchev–Trinajstić information content (AvgIpc) is 2.68. The van der Waals surface area contributed by atoms with Crippen molar-refractivity contribution in [2.75, 3.05) is 18.4 Å². The van der Waals surface area contributed by atoms with Crippen molar-refractivity contribution in [3.05, 3.63) is 65.7 Å². The second-order valence-electron chi connectivity index (χ2n) is 6.50. The van der Waals surface area contributed by atoms with Crippen molar-refractivity contribution < 1.29 is 9.59 Å². The van der Waals surface area contributed by atoms with Crippen LogP contribution in [0.3, 0.4) is 0 Å². The number of hydrogen-bond acceptors (Lipinski definition) is 2. The van der Waals surface area contributed by atoms with E-state index in [2.05, 4.69) is 12.2 Å². The number of likely N-dealkylation sites (tertiary alicyclic amines) is 1. The van der Waals surface area contributed by atoms with Crippen LogP contribution < -0.4 is 5.32 Å². The predicted molar refractivity (Wildman–Crippen MR) is 99.5 cm³/mol. The molecule has 1 unspecified atom stereocenters. The van der Waals surface area contributed by atoms with Gasteiger partial charge in [0.15, 0.2) is 0 Å². The minimum Gasteiger partial charge on any atom is -0.338 e. The van der Waals surface area contributed by atoms with Gasteiger partial charge in [-0.25, -0.2) is 0 Å². The van der Waals surface area contributed by atoms with Crippen LogP contribution in [-0.2, 0) is 11.2 Å². The smallest absolute Gasteiger partial charge is 0.253 e. The molecular formula is C21H24N2O2. The van der Waals surface area contributed by atoms with Gasteiger partial charge in [0.05, 0.1) is 5.92 Å². The molecule has 1 aliphatic rings. The highest BCUT2D eigenvalue weighted by Gasteiger charge is 2.28. The van der Waals surface area contributed by atoms with Crippen molar-refractivity contribution >= 4 is 17.5 Å². The Bertz CT molecular complexity index is 725. The first-order valence-electron chi connectivity index (χ1n) is 8.91. The summed E-state index contributed by atoms with van der Waals surface area (Å²) >= 11 is 0. The van der Waals surface area contributed by atoms with Crippen LogP contribution in [0.25, 0.3) is 0 Å².